The summed E-state index contributed by atoms with van der Waals surface area (Å²) in [7, 11) is 2.62. The number of carbonyl (C=O) groups is 1. The first-order valence-corrected chi connectivity index (χ1v) is 5.94. The summed E-state index contributed by atoms with van der Waals surface area (Å²) >= 11 is 0. The van der Waals surface area contributed by atoms with Gasteiger partial charge in [0.2, 0.25) is 0 Å². The number of nitro groups is 1. The number of benzene rings is 1. The highest BCUT2D eigenvalue weighted by Crippen LogP contribution is 2.29. The van der Waals surface area contributed by atoms with Gasteiger partial charge in [0.15, 0.2) is 0 Å². The number of alkyl halides is 3. The standard InChI is InChI=1S/C12H14F3N3O3/c1-16-9-5-3-4-8(10(9)18(20)21)11(19)17(2)7-6-12(13,14)15/h3-5,16H,6-7H2,1-2H3. The van der Waals surface area contributed by atoms with Crippen molar-refractivity contribution in [2.75, 3.05) is 26.0 Å². The molecule has 116 valence electrons. The van der Waals surface area contributed by atoms with Gasteiger partial charge in [-0.25, -0.2) is 0 Å². The first kappa shape index (κ1) is 16.7. The van der Waals surface area contributed by atoms with E-state index in [1.807, 2.05) is 0 Å². The van der Waals surface area contributed by atoms with Crippen LogP contribution in [-0.2, 0) is 0 Å². The van der Waals surface area contributed by atoms with Crippen LogP contribution in [0.3, 0.4) is 0 Å². The van der Waals surface area contributed by atoms with Gasteiger partial charge in [0.25, 0.3) is 5.91 Å². The van der Waals surface area contributed by atoms with E-state index in [-0.39, 0.29) is 11.3 Å². The van der Waals surface area contributed by atoms with Gasteiger partial charge in [-0.15, -0.1) is 0 Å². The third-order valence-corrected chi connectivity index (χ3v) is 2.80. The zero-order chi connectivity index (χ0) is 16.2. The number of nitrogens with one attached hydrogen (secondary N) is 1. The topological polar surface area (TPSA) is 75.5 Å². The quantitative estimate of drug-likeness (QED) is 0.670. The zero-order valence-electron chi connectivity index (χ0n) is 11.4. The lowest BCUT2D eigenvalue weighted by atomic mass is 10.1. The molecule has 1 aromatic rings. The van der Waals surface area contributed by atoms with E-state index in [9.17, 15) is 28.1 Å². The van der Waals surface area contributed by atoms with Gasteiger partial charge in [-0.1, -0.05) is 6.07 Å². The molecule has 1 aromatic carbocycles. The molecule has 0 unspecified atom stereocenters. The van der Waals surface area contributed by atoms with Crippen molar-refractivity contribution in [1.29, 1.82) is 0 Å². The van der Waals surface area contributed by atoms with Crippen molar-refractivity contribution in [1.82, 2.24) is 4.90 Å². The lowest BCUT2D eigenvalue weighted by Gasteiger charge is -2.18. The maximum Gasteiger partial charge on any atom is 0.390 e. The Morgan fingerprint density at radius 1 is 1.43 bits per heavy atom. The molecule has 0 saturated heterocycles. The van der Waals surface area contributed by atoms with Crippen LogP contribution in [0.1, 0.15) is 16.8 Å². The van der Waals surface area contributed by atoms with E-state index in [1.54, 1.807) is 0 Å². The molecule has 0 atom stereocenters. The predicted octanol–water partition coefficient (Wildman–Crippen LogP) is 2.66. The van der Waals surface area contributed by atoms with Crippen LogP contribution in [0.5, 0.6) is 0 Å². The smallest absolute Gasteiger partial charge is 0.383 e. The number of anilines is 1. The third kappa shape index (κ3) is 4.33. The van der Waals surface area contributed by atoms with Gasteiger partial charge >= 0.3 is 11.9 Å². The fraction of sp³-hybridized carbons (Fsp3) is 0.417. The summed E-state index contributed by atoms with van der Waals surface area (Å²) in [4.78, 5) is 23.2. The van der Waals surface area contributed by atoms with Crippen molar-refractivity contribution in [3.63, 3.8) is 0 Å². The molecule has 0 spiro atoms. The van der Waals surface area contributed by atoms with Gasteiger partial charge in [0.05, 0.1) is 11.3 Å². The van der Waals surface area contributed by atoms with Crippen molar-refractivity contribution in [3.05, 3.63) is 33.9 Å². The van der Waals surface area contributed by atoms with Crippen molar-refractivity contribution < 1.29 is 22.9 Å². The molecule has 0 radical (unpaired) electrons. The summed E-state index contributed by atoms with van der Waals surface area (Å²) in [6.07, 6.45) is -5.57. The second-order valence-corrected chi connectivity index (χ2v) is 4.30. The normalized spacial score (nSPS) is 11.1. The second-order valence-electron chi connectivity index (χ2n) is 4.30. The lowest BCUT2D eigenvalue weighted by molar-refractivity contribution is -0.384. The van der Waals surface area contributed by atoms with E-state index >= 15 is 0 Å². The molecular weight excluding hydrogens is 291 g/mol. The molecule has 1 rings (SSSR count). The Morgan fingerprint density at radius 2 is 2.05 bits per heavy atom. The minimum Gasteiger partial charge on any atom is -0.383 e. The Balaban J connectivity index is 3.04. The van der Waals surface area contributed by atoms with Gasteiger partial charge < -0.3 is 10.2 Å². The fourth-order valence-electron chi connectivity index (χ4n) is 1.72. The Bertz CT molecular complexity index is 546. The average molecular weight is 305 g/mol. The molecule has 0 aliphatic carbocycles. The summed E-state index contributed by atoms with van der Waals surface area (Å²) in [6.45, 7) is -0.566. The number of halogens is 3. The summed E-state index contributed by atoms with van der Waals surface area (Å²) in [5.74, 6) is -0.831. The van der Waals surface area contributed by atoms with Crippen molar-refractivity contribution >= 4 is 17.3 Å². The second kappa shape index (κ2) is 6.42. The predicted molar refractivity (Wildman–Crippen MR) is 70.3 cm³/mol. The molecule has 9 heteroatoms. The van der Waals surface area contributed by atoms with Crippen LogP contribution in [0.25, 0.3) is 0 Å². The molecule has 6 nitrogen and oxygen atoms in total. The summed E-state index contributed by atoms with van der Waals surface area (Å²) in [6, 6.07) is 4.04. The number of nitrogens with zero attached hydrogens (tertiary/aromatic N) is 2. The first-order valence-electron chi connectivity index (χ1n) is 5.94. The van der Waals surface area contributed by atoms with Crippen molar-refractivity contribution in [3.8, 4) is 0 Å². The maximum atomic E-state index is 12.2. The number of rotatable bonds is 5. The monoisotopic (exact) mass is 305 g/mol. The van der Waals surface area contributed by atoms with Crippen LogP contribution in [0, 0.1) is 10.1 Å². The first-order chi connectivity index (χ1) is 9.67. The minimum atomic E-state index is -4.40. The Morgan fingerprint density at radius 3 is 2.52 bits per heavy atom. The molecule has 21 heavy (non-hydrogen) atoms. The van der Waals surface area contributed by atoms with Crippen LogP contribution in [-0.4, -0.2) is 42.5 Å². The molecule has 0 bridgehead atoms. The number of nitro benzene ring substituents is 1. The Hall–Kier alpha value is -2.32. The summed E-state index contributed by atoms with van der Waals surface area (Å²) in [5.41, 5.74) is -0.588. The van der Waals surface area contributed by atoms with Crippen molar-refractivity contribution in [2.45, 2.75) is 12.6 Å². The molecule has 0 fully saturated rings. The highest BCUT2D eigenvalue weighted by molar-refractivity contribution is 6.00. The molecule has 1 amide bonds. The lowest BCUT2D eigenvalue weighted by Crippen LogP contribution is -2.31. The van der Waals surface area contributed by atoms with Crippen LogP contribution in [0.15, 0.2) is 18.2 Å². The summed E-state index contributed by atoms with van der Waals surface area (Å²) < 4.78 is 36.5. The van der Waals surface area contributed by atoms with E-state index in [0.29, 0.717) is 0 Å². The minimum absolute atomic E-state index is 0.120. The average Bonchev–Trinajstić information content (AvgIpc) is 2.41. The van der Waals surface area contributed by atoms with Crippen LogP contribution in [0.4, 0.5) is 24.5 Å². The van der Waals surface area contributed by atoms with Crippen LogP contribution >= 0.6 is 0 Å². The Labute approximate surface area is 118 Å². The van der Waals surface area contributed by atoms with Gasteiger partial charge in [0.1, 0.15) is 11.3 Å². The molecule has 0 saturated carbocycles. The van der Waals surface area contributed by atoms with Gasteiger partial charge in [-0.2, -0.15) is 13.2 Å². The number of carbonyl (C=O) groups excluding carboxylic acids is 1. The van der Waals surface area contributed by atoms with E-state index in [4.69, 9.17) is 0 Å². The van der Waals surface area contributed by atoms with Crippen LogP contribution < -0.4 is 5.32 Å². The van der Waals surface area contributed by atoms with Crippen molar-refractivity contribution in [2.24, 2.45) is 0 Å². The maximum absolute atomic E-state index is 12.2. The molecular formula is C12H14F3N3O3. The fourth-order valence-corrected chi connectivity index (χ4v) is 1.72. The van der Waals surface area contributed by atoms with E-state index < -0.39 is 35.7 Å². The number of amides is 1. The SMILES string of the molecule is CNc1cccc(C(=O)N(C)CCC(F)(F)F)c1[N+](=O)[O-]. The van der Waals surface area contributed by atoms with E-state index in [2.05, 4.69) is 5.32 Å². The summed E-state index contributed by atoms with van der Waals surface area (Å²) in [5, 5.41) is 13.6. The third-order valence-electron chi connectivity index (χ3n) is 2.80. The number of para-hydroxylation sites is 1. The highest BCUT2D eigenvalue weighted by Gasteiger charge is 2.30. The molecule has 1 N–H and O–H groups in total. The van der Waals surface area contributed by atoms with Gasteiger partial charge in [-0.3, -0.25) is 14.9 Å². The highest BCUT2D eigenvalue weighted by atomic mass is 19.4. The molecule has 0 heterocycles. The number of hydrogen-bond donors (Lipinski definition) is 1. The largest absolute Gasteiger partial charge is 0.390 e. The van der Waals surface area contributed by atoms with E-state index in [0.717, 1.165) is 4.90 Å². The number of hydrogen-bond acceptors (Lipinski definition) is 4. The molecule has 0 aliphatic rings. The Kier molecular flexibility index (Phi) is 5.12. The molecule has 0 aromatic heterocycles. The van der Waals surface area contributed by atoms with E-state index in [1.165, 1.54) is 32.3 Å². The van der Waals surface area contributed by atoms with Gasteiger partial charge in [-0.05, 0) is 12.1 Å². The zero-order valence-corrected chi connectivity index (χ0v) is 11.4. The van der Waals surface area contributed by atoms with Gasteiger partial charge in [0, 0.05) is 20.6 Å². The molecule has 0 aliphatic heterocycles. The van der Waals surface area contributed by atoms with Crippen LogP contribution in [0.2, 0.25) is 0 Å².